The summed E-state index contributed by atoms with van der Waals surface area (Å²) in [6.07, 6.45) is 2.13. The van der Waals surface area contributed by atoms with E-state index in [1.807, 2.05) is 0 Å². The second-order valence-corrected chi connectivity index (χ2v) is 10.0. The fourth-order valence-corrected chi connectivity index (χ4v) is 5.45. The van der Waals surface area contributed by atoms with Crippen molar-refractivity contribution in [2.45, 2.75) is 6.42 Å². The minimum Gasteiger partial charge on any atom is -0.495 e. The molecule has 0 bridgehead atoms. The highest BCUT2D eigenvalue weighted by atomic mass is 35.5. The van der Waals surface area contributed by atoms with E-state index < -0.39 is 15.9 Å². The molecule has 7 nitrogen and oxygen atoms in total. The van der Waals surface area contributed by atoms with E-state index in [0.717, 1.165) is 0 Å². The van der Waals surface area contributed by atoms with Crippen molar-refractivity contribution in [1.82, 2.24) is 4.98 Å². The number of aromatic nitrogens is 1. The van der Waals surface area contributed by atoms with Crippen molar-refractivity contribution in [2.24, 2.45) is 0 Å². The number of carbonyl (C=O) groups is 1. The summed E-state index contributed by atoms with van der Waals surface area (Å²) in [5, 5.41) is 3.41. The van der Waals surface area contributed by atoms with Gasteiger partial charge in [-0.1, -0.05) is 23.2 Å². The molecule has 166 valence electrons. The molecule has 0 radical (unpaired) electrons. The van der Waals surface area contributed by atoms with Crippen molar-refractivity contribution >= 4 is 50.5 Å². The second kappa shape index (κ2) is 8.97. The number of ether oxygens (including phenoxy) is 1. The summed E-state index contributed by atoms with van der Waals surface area (Å²) in [6, 6.07) is 13.2. The van der Waals surface area contributed by atoms with Crippen LogP contribution in [0.1, 0.15) is 16.8 Å². The number of rotatable bonds is 5. The lowest BCUT2D eigenvalue weighted by molar-refractivity contribution is 0.102. The Kier molecular flexibility index (Phi) is 6.28. The van der Waals surface area contributed by atoms with Crippen molar-refractivity contribution in [3.8, 4) is 17.0 Å². The molecule has 2 heterocycles. The summed E-state index contributed by atoms with van der Waals surface area (Å²) in [5.74, 6) is 0.227. The lowest BCUT2D eigenvalue weighted by Gasteiger charge is -2.18. The van der Waals surface area contributed by atoms with Crippen LogP contribution in [0.2, 0.25) is 10.0 Å². The van der Waals surface area contributed by atoms with Crippen LogP contribution >= 0.6 is 23.2 Å². The summed E-state index contributed by atoms with van der Waals surface area (Å²) in [5.41, 5.74) is 2.38. The van der Waals surface area contributed by atoms with Gasteiger partial charge >= 0.3 is 0 Å². The zero-order chi connectivity index (χ0) is 22.9. The molecule has 1 N–H and O–H groups in total. The quantitative estimate of drug-likeness (QED) is 0.550. The van der Waals surface area contributed by atoms with Gasteiger partial charge in [-0.05, 0) is 55.0 Å². The number of sulfonamides is 1. The van der Waals surface area contributed by atoms with Crippen LogP contribution in [0.5, 0.6) is 5.75 Å². The Morgan fingerprint density at radius 2 is 1.94 bits per heavy atom. The van der Waals surface area contributed by atoms with Gasteiger partial charge in [-0.3, -0.25) is 14.1 Å². The van der Waals surface area contributed by atoms with Gasteiger partial charge in [0.1, 0.15) is 5.75 Å². The Labute approximate surface area is 196 Å². The van der Waals surface area contributed by atoms with Gasteiger partial charge in [-0.2, -0.15) is 0 Å². The number of hydrogen-bond donors (Lipinski definition) is 1. The van der Waals surface area contributed by atoms with Crippen LogP contribution in [-0.4, -0.2) is 38.7 Å². The minimum atomic E-state index is -3.38. The average molecular weight is 492 g/mol. The lowest BCUT2D eigenvalue weighted by atomic mass is 10.1. The molecular weight excluding hydrogens is 473 g/mol. The van der Waals surface area contributed by atoms with Crippen molar-refractivity contribution in [2.75, 3.05) is 29.0 Å². The summed E-state index contributed by atoms with van der Waals surface area (Å²) >= 11 is 12.5. The number of methoxy groups -OCH3 is 1. The first-order chi connectivity index (χ1) is 15.3. The van der Waals surface area contributed by atoms with Gasteiger partial charge < -0.3 is 10.1 Å². The molecule has 0 unspecified atom stereocenters. The first-order valence-corrected chi connectivity index (χ1v) is 12.1. The highest BCUT2D eigenvalue weighted by molar-refractivity contribution is 7.93. The van der Waals surface area contributed by atoms with Gasteiger partial charge in [-0.15, -0.1) is 0 Å². The number of benzene rings is 2. The largest absolute Gasteiger partial charge is 0.495 e. The molecule has 10 heteroatoms. The summed E-state index contributed by atoms with van der Waals surface area (Å²) < 4.78 is 30.9. The van der Waals surface area contributed by atoms with Crippen LogP contribution in [-0.2, 0) is 10.0 Å². The third-order valence-corrected chi connectivity index (χ3v) is 7.42. The van der Waals surface area contributed by atoms with Crippen molar-refractivity contribution < 1.29 is 17.9 Å². The summed E-state index contributed by atoms with van der Waals surface area (Å²) in [7, 11) is -1.82. The van der Waals surface area contributed by atoms with Gasteiger partial charge in [0.15, 0.2) is 0 Å². The van der Waals surface area contributed by atoms with E-state index in [1.165, 1.54) is 16.4 Å². The van der Waals surface area contributed by atoms with Gasteiger partial charge in [-0.25, -0.2) is 8.42 Å². The summed E-state index contributed by atoms with van der Waals surface area (Å²) in [4.78, 5) is 17.3. The molecule has 0 aliphatic carbocycles. The smallest absolute Gasteiger partial charge is 0.257 e. The number of halogens is 2. The SMILES string of the molecule is COc1ccc(-c2cc(Cl)cc(NC(=O)c3cc(N4CCCS4(=O)=O)ccc3Cl)c2)nc1. The van der Waals surface area contributed by atoms with E-state index in [0.29, 0.717) is 46.4 Å². The van der Waals surface area contributed by atoms with E-state index in [-0.39, 0.29) is 16.3 Å². The molecule has 0 saturated carbocycles. The molecule has 1 amide bonds. The number of anilines is 2. The fraction of sp³-hybridized carbons (Fsp3) is 0.182. The number of nitrogens with one attached hydrogen (secondary N) is 1. The lowest BCUT2D eigenvalue weighted by Crippen LogP contribution is -2.25. The standard InChI is InChI=1S/C22H19Cl2N3O4S/c1-31-18-4-6-21(25-13-18)14-9-15(23)11-16(10-14)26-22(28)19-12-17(3-5-20(19)24)27-7-2-8-32(27,29)30/h3-6,9-13H,2,7-8H2,1H3,(H,26,28). The predicted octanol–water partition coefficient (Wildman–Crippen LogP) is 4.86. The number of carbonyl (C=O) groups excluding carboxylic acids is 1. The first kappa shape index (κ1) is 22.4. The number of hydrogen-bond acceptors (Lipinski definition) is 5. The minimum absolute atomic E-state index is 0.0852. The Morgan fingerprint density at radius 1 is 1.12 bits per heavy atom. The molecule has 1 fully saturated rings. The summed E-state index contributed by atoms with van der Waals surface area (Å²) in [6.45, 7) is 0.373. The molecule has 2 aromatic carbocycles. The molecule has 1 aromatic heterocycles. The van der Waals surface area contributed by atoms with Gasteiger partial charge in [0, 0.05) is 22.8 Å². The van der Waals surface area contributed by atoms with E-state index >= 15 is 0 Å². The van der Waals surface area contributed by atoms with Crippen molar-refractivity contribution in [3.05, 3.63) is 70.3 Å². The molecule has 3 aromatic rings. The molecular formula is C22H19Cl2N3O4S. The van der Waals surface area contributed by atoms with Gasteiger partial charge in [0.25, 0.3) is 5.91 Å². The topological polar surface area (TPSA) is 88.6 Å². The van der Waals surface area contributed by atoms with Crippen LogP contribution in [0.4, 0.5) is 11.4 Å². The van der Waals surface area contributed by atoms with E-state index in [2.05, 4.69) is 10.3 Å². The van der Waals surface area contributed by atoms with Crippen molar-refractivity contribution in [3.63, 3.8) is 0 Å². The van der Waals surface area contributed by atoms with E-state index in [9.17, 15) is 13.2 Å². The maximum absolute atomic E-state index is 13.0. The van der Waals surface area contributed by atoms with Crippen LogP contribution < -0.4 is 14.4 Å². The van der Waals surface area contributed by atoms with Crippen LogP contribution in [0.3, 0.4) is 0 Å². The number of amides is 1. The van der Waals surface area contributed by atoms with Gasteiger partial charge in [0.2, 0.25) is 10.0 Å². The molecule has 4 rings (SSSR count). The zero-order valence-electron chi connectivity index (χ0n) is 17.0. The third kappa shape index (κ3) is 4.67. The predicted molar refractivity (Wildman–Crippen MR) is 126 cm³/mol. The highest BCUT2D eigenvalue weighted by Crippen LogP contribution is 2.30. The molecule has 0 spiro atoms. The third-order valence-electron chi connectivity index (χ3n) is 5.01. The van der Waals surface area contributed by atoms with E-state index in [1.54, 1.807) is 49.7 Å². The number of nitrogens with zero attached hydrogens (tertiary/aromatic N) is 2. The van der Waals surface area contributed by atoms with Crippen LogP contribution in [0.25, 0.3) is 11.3 Å². The first-order valence-electron chi connectivity index (χ1n) is 9.69. The fourth-order valence-electron chi connectivity index (χ4n) is 3.45. The normalized spacial score (nSPS) is 14.9. The van der Waals surface area contributed by atoms with E-state index in [4.69, 9.17) is 27.9 Å². The molecule has 1 aliphatic rings. The Hall–Kier alpha value is -2.81. The van der Waals surface area contributed by atoms with Crippen molar-refractivity contribution in [1.29, 1.82) is 0 Å². The van der Waals surface area contributed by atoms with Crippen LogP contribution in [0, 0.1) is 0 Å². The molecule has 1 aliphatic heterocycles. The monoisotopic (exact) mass is 491 g/mol. The van der Waals surface area contributed by atoms with Crippen LogP contribution in [0.15, 0.2) is 54.7 Å². The molecule has 32 heavy (non-hydrogen) atoms. The highest BCUT2D eigenvalue weighted by Gasteiger charge is 2.29. The maximum atomic E-state index is 13.0. The molecule has 0 atom stereocenters. The molecule has 1 saturated heterocycles. The Balaban J connectivity index is 1.61. The number of pyridine rings is 1. The maximum Gasteiger partial charge on any atom is 0.257 e. The second-order valence-electron chi connectivity index (χ2n) is 7.17. The zero-order valence-corrected chi connectivity index (χ0v) is 19.3. The Morgan fingerprint density at radius 3 is 2.59 bits per heavy atom. The van der Waals surface area contributed by atoms with Gasteiger partial charge in [0.05, 0.1) is 41.0 Å². The average Bonchev–Trinajstić information content (AvgIpc) is 3.12. The Bertz CT molecular complexity index is 1280.